The summed E-state index contributed by atoms with van der Waals surface area (Å²) in [6.45, 7) is 0.419. The van der Waals surface area contributed by atoms with E-state index in [0.717, 1.165) is 22.5 Å². The first kappa shape index (κ1) is 21.6. The molecule has 0 saturated carbocycles. The van der Waals surface area contributed by atoms with Gasteiger partial charge in [-0.15, -0.1) is 0 Å². The SMILES string of the molecule is O=C(CCn1cnc(-c2ccccc2)c1-c1ccccc1)N/N=C/c1cccc([N+](=O)[O-])c1. The van der Waals surface area contributed by atoms with Crippen molar-refractivity contribution in [1.82, 2.24) is 15.0 Å². The number of aryl methyl sites for hydroxylation is 1. The lowest BCUT2D eigenvalue weighted by molar-refractivity contribution is -0.384. The van der Waals surface area contributed by atoms with Crippen LogP contribution in [0.15, 0.2) is 96.4 Å². The second-order valence-corrected chi connectivity index (χ2v) is 7.26. The molecule has 8 nitrogen and oxygen atoms in total. The molecule has 0 unspecified atom stereocenters. The van der Waals surface area contributed by atoms with E-state index >= 15 is 0 Å². The maximum atomic E-state index is 12.3. The largest absolute Gasteiger partial charge is 0.330 e. The lowest BCUT2D eigenvalue weighted by atomic mass is 10.0. The molecule has 0 aliphatic heterocycles. The molecule has 3 aromatic carbocycles. The fraction of sp³-hybridized carbons (Fsp3) is 0.0800. The van der Waals surface area contributed by atoms with Crippen LogP contribution < -0.4 is 5.43 Å². The maximum absolute atomic E-state index is 12.3. The molecule has 8 heteroatoms. The Labute approximate surface area is 190 Å². The van der Waals surface area contributed by atoms with E-state index in [-0.39, 0.29) is 18.0 Å². The molecular weight excluding hydrogens is 418 g/mol. The van der Waals surface area contributed by atoms with Crippen LogP contribution in [-0.4, -0.2) is 26.6 Å². The number of carbonyl (C=O) groups is 1. The van der Waals surface area contributed by atoms with Crippen LogP contribution in [0, 0.1) is 10.1 Å². The van der Waals surface area contributed by atoms with Crippen LogP contribution in [-0.2, 0) is 11.3 Å². The monoisotopic (exact) mass is 439 g/mol. The van der Waals surface area contributed by atoms with Gasteiger partial charge in [0.1, 0.15) is 0 Å². The molecule has 0 aliphatic rings. The van der Waals surface area contributed by atoms with Crippen LogP contribution in [0.3, 0.4) is 0 Å². The highest BCUT2D eigenvalue weighted by Crippen LogP contribution is 2.31. The van der Waals surface area contributed by atoms with E-state index in [2.05, 4.69) is 15.5 Å². The highest BCUT2D eigenvalue weighted by Gasteiger charge is 2.15. The van der Waals surface area contributed by atoms with Gasteiger partial charge in [0.2, 0.25) is 5.91 Å². The van der Waals surface area contributed by atoms with Crippen molar-refractivity contribution in [3.05, 3.63) is 107 Å². The number of amides is 1. The summed E-state index contributed by atoms with van der Waals surface area (Å²) in [6, 6.07) is 25.9. The van der Waals surface area contributed by atoms with Gasteiger partial charge in [-0.25, -0.2) is 10.4 Å². The zero-order chi connectivity index (χ0) is 23.0. The number of hydrogen-bond donors (Lipinski definition) is 1. The van der Waals surface area contributed by atoms with Gasteiger partial charge in [0.15, 0.2) is 0 Å². The molecule has 1 amide bonds. The predicted molar refractivity (Wildman–Crippen MR) is 127 cm³/mol. The Balaban J connectivity index is 1.46. The van der Waals surface area contributed by atoms with Crippen molar-refractivity contribution in [3.63, 3.8) is 0 Å². The molecule has 4 aromatic rings. The maximum Gasteiger partial charge on any atom is 0.270 e. The second-order valence-electron chi connectivity index (χ2n) is 7.26. The number of non-ortho nitro benzene ring substituents is 1. The van der Waals surface area contributed by atoms with Crippen molar-refractivity contribution < 1.29 is 9.72 Å². The average molecular weight is 439 g/mol. The Morgan fingerprint density at radius 2 is 1.70 bits per heavy atom. The number of benzene rings is 3. The van der Waals surface area contributed by atoms with Crippen LogP contribution >= 0.6 is 0 Å². The van der Waals surface area contributed by atoms with Gasteiger partial charge in [0.25, 0.3) is 5.69 Å². The summed E-state index contributed by atoms with van der Waals surface area (Å²) in [5, 5.41) is 14.8. The number of hydrogen-bond acceptors (Lipinski definition) is 5. The molecule has 4 rings (SSSR count). The third-order valence-corrected chi connectivity index (χ3v) is 5.00. The minimum Gasteiger partial charge on any atom is -0.330 e. The molecule has 164 valence electrons. The summed E-state index contributed by atoms with van der Waals surface area (Å²) in [6.07, 6.45) is 3.31. The Morgan fingerprint density at radius 3 is 2.39 bits per heavy atom. The summed E-state index contributed by atoms with van der Waals surface area (Å²) in [4.78, 5) is 27.3. The number of hydrazone groups is 1. The van der Waals surface area contributed by atoms with E-state index in [1.54, 1.807) is 18.5 Å². The van der Waals surface area contributed by atoms with E-state index in [0.29, 0.717) is 12.1 Å². The van der Waals surface area contributed by atoms with Crippen molar-refractivity contribution in [1.29, 1.82) is 0 Å². The highest BCUT2D eigenvalue weighted by molar-refractivity contribution is 5.83. The molecule has 1 N–H and O–H groups in total. The minimum atomic E-state index is -0.477. The highest BCUT2D eigenvalue weighted by atomic mass is 16.6. The molecule has 0 saturated heterocycles. The fourth-order valence-corrected chi connectivity index (χ4v) is 3.43. The van der Waals surface area contributed by atoms with Crippen molar-refractivity contribution in [3.8, 4) is 22.5 Å². The lowest BCUT2D eigenvalue weighted by Crippen LogP contribution is -2.19. The second kappa shape index (κ2) is 10.1. The summed E-state index contributed by atoms with van der Waals surface area (Å²) in [5.41, 5.74) is 6.77. The topological polar surface area (TPSA) is 102 Å². The van der Waals surface area contributed by atoms with Crippen LogP contribution in [0.4, 0.5) is 5.69 Å². The van der Waals surface area contributed by atoms with Gasteiger partial charge in [-0.2, -0.15) is 5.10 Å². The van der Waals surface area contributed by atoms with Crippen LogP contribution in [0.1, 0.15) is 12.0 Å². The third kappa shape index (κ3) is 5.37. The summed E-state index contributed by atoms with van der Waals surface area (Å²) < 4.78 is 1.96. The molecule has 0 fully saturated rings. The standard InChI is InChI=1S/C25H21N5O3/c31-23(28-27-17-19-8-7-13-22(16-19)30(32)33)14-15-29-18-26-24(20-9-3-1-4-10-20)25(29)21-11-5-2-6-12-21/h1-13,16-18H,14-15H2,(H,28,31)/b27-17+. The average Bonchev–Trinajstić information content (AvgIpc) is 3.28. The summed E-state index contributed by atoms with van der Waals surface area (Å²) in [7, 11) is 0. The molecule has 33 heavy (non-hydrogen) atoms. The Bertz CT molecular complexity index is 1280. The van der Waals surface area contributed by atoms with E-state index in [1.165, 1.54) is 18.3 Å². The molecule has 0 aliphatic carbocycles. The van der Waals surface area contributed by atoms with E-state index in [1.807, 2.05) is 65.2 Å². The van der Waals surface area contributed by atoms with Gasteiger partial charge in [-0.05, 0) is 0 Å². The van der Waals surface area contributed by atoms with Gasteiger partial charge in [-0.3, -0.25) is 14.9 Å². The van der Waals surface area contributed by atoms with Crippen molar-refractivity contribution in [2.45, 2.75) is 13.0 Å². The summed E-state index contributed by atoms with van der Waals surface area (Å²) >= 11 is 0. The van der Waals surface area contributed by atoms with Crippen LogP contribution in [0.5, 0.6) is 0 Å². The van der Waals surface area contributed by atoms with Crippen molar-refractivity contribution >= 4 is 17.8 Å². The Hall–Kier alpha value is -4.59. The van der Waals surface area contributed by atoms with Gasteiger partial charge >= 0.3 is 0 Å². The zero-order valence-electron chi connectivity index (χ0n) is 17.7. The van der Waals surface area contributed by atoms with Gasteiger partial charge < -0.3 is 4.57 Å². The van der Waals surface area contributed by atoms with Crippen LogP contribution in [0.25, 0.3) is 22.5 Å². The number of imidazole rings is 1. The number of nitrogens with one attached hydrogen (secondary N) is 1. The minimum absolute atomic E-state index is 0.0342. The normalized spacial score (nSPS) is 10.9. The smallest absolute Gasteiger partial charge is 0.270 e. The Kier molecular flexibility index (Phi) is 6.65. The van der Waals surface area contributed by atoms with Gasteiger partial charge in [0.05, 0.1) is 28.9 Å². The number of carbonyl (C=O) groups excluding carboxylic acids is 1. The lowest BCUT2D eigenvalue weighted by Gasteiger charge is -2.10. The first-order valence-electron chi connectivity index (χ1n) is 10.3. The molecule has 1 heterocycles. The van der Waals surface area contributed by atoms with E-state index in [9.17, 15) is 14.9 Å². The van der Waals surface area contributed by atoms with Crippen molar-refractivity contribution in [2.24, 2.45) is 5.10 Å². The zero-order valence-corrected chi connectivity index (χ0v) is 17.7. The van der Waals surface area contributed by atoms with E-state index < -0.39 is 4.92 Å². The number of nitrogens with zero attached hydrogens (tertiary/aromatic N) is 4. The fourth-order valence-electron chi connectivity index (χ4n) is 3.43. The Morgan fingerprint density at radius 1 is 1.00 bits per heavy atom. The van der Waals surface area contributed by atoms with Crippen LogP contribution in [0.2, 0.25) is 0 Å². The first-order chi connectivity index (χ1) is 16.1. The number of nitro groups is 1. The molecular formula is C25H21N5O3. The van der Waals surface area contributed by atoms with E-state index in [4.69, 9.17) is 0 Å². The number of rotatable bonds is 8. The van der Waals surface area contributed by atoms with Crippen molar-refractivity contribution in [2.75, 3.05) is 0 Å². The number of nitro benzene ring substituents is 1. The molecule has 0 spiro atoms. The number of aromatic nitrogens is 2. The first-order valence-corrected chi connectivity index (χ1v) is 10.3. The molecule has 0 atom stereocenters. The molecule has 1 aromatic heterocycles. The molecule has 0 radical (unpaired) electrons. The predicted octanol–water partition coefficient (Wildman–Crippen LogP) is 4.67. The third-order valence-electron chi connectivity index (χ3n) is 5.00. The van der Waals surface area contributed by atoms with Gasteiger partial charge in [0, 0.05) is 41.8 Å². The van der Waals surface area contributed by atoms with Gasteiger partial charge in [-0.1, -0.05) is 72.8 Å². The quantitative estimate of drug-likeness (QED) is 0.245. The summed E-state index contributed by atoms with van der Waals surface area (Å²) in [5.74, 6) is -0.273. The molecule has 0 bridgehead atoms.